The Bertz CT molecular complexity index is 580. The molecule has 0 aliphatic heterocycles. The Morgan fingerprint density at radius 1 is 1.40 bits per heavy atom. The molecule has 0 bridgehead atoms. The second-order valence-corrected chi connectivity index (χ2v) is 4.90. The van der Waals surface area contributed by atoms with E-state index in [1.165, 1.54) is 0 Å². The predicted octanol–water partition coefficient (Wildman–Crippen LogP) is 2.69. The van der Waals surface area contributed by atoms with Gasteiger partial charge in [-0.25, -0.2) is 0 Å². The molecule has 2 aromatic rings. The van der Waals surface area contributed by atoms with E-state index in [0.717, 1.165) is 17.7 Å². The fourth-order valence-corrected chi connectivity index (χ4v) is 2.30. The van der Waals surface area contributed by atoms with Crippen LogP contribution in [0, 0.1) is 0 Å². The second-order valence-electron chi connectivity index (χ2n) is 4.59. The third-order valence-electron chi connectivity index (χ3n) is 3.19. The lowest BCUT2D eigenvalue weighted by atomic mass is 10.1. The molecular weight excluding hydrogens is 274 g/mol. The first-order valence-corrected chi connectivity index (χ1v) is 7.13. The lowest BCUT2D eigenvalue weighted by Gasteiger charge is -2.16. The largest absolute Gasteiger partial charge is 0.343 e. The van der Waals surface area contributed by atoms with Crippen molar-refractivity contribution in [3.63, 3.8) is 0 Å². The maximum absolute atomic E-state index is 12.3. The number of hydrogen-bond acceptors (Lipinski definition) is 2. The standard InChI is InChI=1S/C15H18ClN3O/c1-3-12-9-14(19(2)18-12)15(20)17-13(10-16)11-7-5-4-6-8-11/h4-9,13H,3,10H2,1-2H3,(H,17,20). The summed E-state index contributed by atoms with van der Waals surface area (Å²) in [6, 6.07) is 11.3. The molecule has 0 saturated carbocycles. The van der Waals surface area contributed by atoms with Crippen LogP contribution in [0.3, 0.4) is 0 Å². The molecule has 1 N–H and O–H groups in total. The summed E-state index contributed by atoms with van der Waals surface area (Å²) in [4.78, 5) is 12.3. The normalized spacial score (nSPS) is 12.2. The Labute approximate surface area is 123 Å². The van der Waals surface area contributed by atoms with Crippen molar-refractivity contribution in [2.75, 3.05) is 5.88 Å². The van der Waals surface area contributed by atoms with E-state index in [1.54, 1.807) is 11.7 Å². The molecule has 1 unspecified atom stereocenters. The molecule has 0 saturated heterocycles. The van der Waals surface area contributed by atoms with Gasteiger partial charge < -0.3 is 5.32 Å². The number of nitrogens with one attached hydrogen (secondary N) is 1. The molecule has 1 aromatic heterocycles. The molecular formula is C15H18ClN3O. The average Bonchev–Trinajstić information content (AvgIpc) is 2.86. The minimum absolute atomic E-state index is 0.158. The third kappa shape index (κ3) is 3.20. The Morgan fingerprint density at radius 3 is 2.65 bits per heavy atom. The molecule has 1 aromatic carbocycles. The number of carbonyl (C=O) groups excluding carboxylic acids is 1. The molecule has 0 aliphatic rings. The van der Waals surface area contributed by atoms with Crippen LogP contribution in [0.1, 0.15) is 34.7 Å². The van der Waals surface area contributed by atoms with Crippen LogP contribution < -0.4 is 5.32 Å². The van der Waals surface area contributed by atoms with E-state index in [0.29, 0.717) is 11.6 Å². The number of nitrogens with zero attached hydrogens (tertiary/aromatic N) is 2. The Balaban J connectivity index is 2.15. The summed E-state index contributed by atoms with van der Waals surface area (Å²) in [5, 5.41) is 7.22. The smallest absolute Gasteiger partial charge is 0.270 e. The van der Waals surface area contributed by atoms with Gasteiger partial charge in [0, 0.05) is 12.9 Å². The van der Waals surface area contributed by atoms with Crippen LogP contribution in [0.15, 0.2) is 36.4 Å². The van der Waals surface area contributed by atoms with E-state index < -0.39 is 0 Å². The van der Waals surface area contributed by atoms with Gasteiger partial charge in [0.1, 0.15) is 5.69 Å². The number of aryl methyl sites for hydroxylation is 2. The zero-order valence-electron chi connectivity index (χ0n) is 11.6. The van der Waals surface area contributed by atoms with E-state index in [1.807, 2.05) is 43.3 Å². The van der Waals surface area contributed by atoms with Gasteiger partial charge in [-0.1, -0.05) is 37.3 Å². The highest BCUT2D eigenvalue weighted by atomic mass is 35.5. The van der Waals surface area contributed by atoms with Gasteiger partial charge in [-0.2, -0.15) is 5.10 Å². The number of rotatable bonds is 5. The van der Waals surface area contributed by atoms with Crippen molar-refractivity contribution in [2.24, 2.45) is 7.05 Å². The zero-order chi connectivity index (χ0) is 14.5. The number of halogens is 1. The number of benzene rings is 1. The SMILES string of the molecule is CCc1cc(C(=O)NC(CCl)c2ccccc2)n(C)n1. The van der Waals surface area contributed by atoms with Crippen molar-refractivity contribution >= 4 is 17.5 Å². The summed E-state index contributed by atoms with van der Waals surface area (Å²) in [5.74, 6) is 0.169. The van der Waals surface area contributed by atoms with Gasteiger partial charge in [-0.3, -0.25) is 9.48 Å². The van der Waals surface area contributed by atoms with E-state index in [-0.39, 0.29) is 11.9 Å². The highest BCUT2D eigenvalue weighted by molar-refractivity contribution is 6.18. The van der Waals surface area contributed by atoms with E-state index in [9.17, 15) is 4.79 Å². The Morgan fingerprint density at radius 2 is 2.10 bits per heavy atom. The molecule has 0 aliphatic carbocycles. The summed E-state index contributed by atoms with van der Waals surface area (Å²) >= 11 is 5.97. The molecule has 2 rings (SSSR count). The van der Waals surface area contributed by atoms with Crippen LogP contribution in [-0.2, 0) is 13.5 Å². The summed E-state index contributed by atoms with van der Waals surface area (Å²) in [5.41, 5.74) is 2.45. The van der Waals surface area contributed by atoms with Crippen LogP contribution in [-0.4, -0.2) is 21.6 Å². The van der Waals surface area contributed by atoms with Crippen molar-refractivity contribution in [2.45, 2.75) is 19.4 Å². The fraction of sp³-hybridized carbons (Fsp3) is 0.333. The molecule has 1 heterocycles. The maximum atomic E-state index is 12.3. The lowest BCUT2D eigenvalue weighted by Crippen LogP contribution is -2.31. The van der Waals surface area contributed by atoms with Gasteiger partial charge >= 0.3 is 0 Å². The van der Waals surface area contributed by atoms with Crippen LogP contribution in [0.4, 0.5) is 0 Å². The molecule has 4 nitrogen and oxygen atoms in total. The van der Waals surface area contributed by atoms with Gasteiger partial charge in [0.05, 0.1) is 11.7 Å². The molecule has 0 radical (unpaired) electrons. The molecule has 20 heavy (non-hydrogen) atoms. The van der Waals surface area contributed by atoms with Crippen LogP contribution >= 0.6 is 11.6 Å². The van der Waals surface area contributed by atoms with Gasteiger partial charge in [-0.15, -0.1) is 11.6 Å². The van der Waals surface area contributed by atoms with E-state index in [4.69, 9.17) is 11.6 Å². The third-order valence-corrected chi connectivity index (χ3v) is 3.50. The minimum Gasteiger partial charge on any atom is -0.343 e. The van der Waals surface area contributed by atoms with Crippen molar-refractivity contribution in [1.29, 1.82) is 0 Å². The fourth-order valence-electron chi connectivity index (χ4n) is 2.04. The first-order valence-electron chi connectivity index (χ1n) is 6.60. The topological polar surface area (TPSA) is 46.9 Å². The van der Waals surface area contributed by atoms with Gasteiger partial charge in [0.25, 0.3) is 5.91 Å². The Kier molecular flexibility index (Phi) is 4.79. The maximum Gasteiger partial charge on any atom is 0.270 e. The number of carbonyl (C=O) groups is 1. The van der Waals surface area contributed by atoms with Crippen LogP contribution in [0.5, 0.6) is 0 Å². The number of amides is 1. The average molecular weight is 292 g/mol. The first kappa shape index (κ1) is 14.6. The highest BCUT2D eigenvalue weighted by Gasteiger charge is 2.17. The Hall–Kier alpha value is -1.81. The summed E-state index contributed by atoms with van der Waals surface area (Å²) in [6.07, 6.45) is 0.804. The van der Waals surface area contributed by atoms with Crippen LogP contribution in [0.2, 0.25) is 0 Å². The summed E-state index contributed by atoms with van der Waals surface area (Å²) in [6.45, 7) is 2.01. The monoisotopic (exact) mass is 291 g/mol. The highest BCUT2D eigenvalue weighted by Crippen LogP contribution is 2.15. The molecule has 1 amide bonds. The number of aromatic nitrogens is 2. The lowest BCUT2D eigenvalue weighted by molar-refractivity contribution is 0.0931. The zero-order valence-corrected chi connectivity index (χ0v) is 12.4. The van der Waals surface area contributed by atoms with Crippen molar-refractivity contribution in [1.82, 2.24) is 15.1 Å². The number of alkyl halides is 1. The van der Waals surface area contributed by atoms with E-state index in [2.05, 4.69) is 10.4 Å². The van der Waals surface area contributed by atoms with Gasteiger partial charge in [0.2, 0.25) is 0 Å². The molecule has 0 fully saturated rings. The molecule has 106 valence electrons. The number of hydrogen-bond donors (Lipinski definition) is 1. The molecule has 0 spiro atoms. The van der Waals surface area contributed by atoms with E-state index >= 15 is 0 Å². The van der Waals surface area contributed by atoms with Gasteiger partial charge in [0.15, 0.2) is 0 Å². The van der Waals surface area contributed by atoms with Crippen molar-refractivity contribution in [3.05, 3.63) is 53.3 Å². The first-order chi connectivity index (χ1) is 9.65. The van der Waals surface area contributed by atoms with Crippen molar-refractivity contribution < 1.29 is 4.79 Å². The minimum atomic E-state index is -0.203. The summed E-state index contributed by atoms with van der Waals surface area (Å²) in [7, 11) is 1.77. The predicted molar refractivity (Wildman–Crippen MR) is 80.0 cm³/mol. The molecule has 5 heteroatoms. The second kappa shape index (κ2) is 6.57. The summed E-state index contributed by atoms with van der Waals surface area (Å²) < 4.78 is 1.60. The molecule has 1 atom stereocenters. The quantitative estimate of drug-likeness (QED) is 0.861. The van der Waals surface area contributed by atoms with Gasteiger partial charge in [-0.05, 0) is 18.1 Å². The van der Waals surface area contributed by atoms with Crippen LogP contribution in [0.25, 0.3) is 0 Å². The van der Waals surface area contributed by atoms with Crippen molar-refractivity contribution in [3.8, 4) is 0 Å².